The van der Waals surface area contributed by atoms with Crippen molar-refractivity contribution in [2.24, 2.45) is 11.8 Å². The lowest BCUT2D eigenvalue weighted by molar-refractivity contribution is -0.124. The van der Waals surface area contributed by atoms with Crippen LogP contribution >= 0.6 is 0 Å². The predicted octanol–water partition coefficient (Wildman–Crippen LogP) is 3.09. The Morgan fingerprint density at radius 1 is 1.00 bits per heavy atom. The molecule has 1 aliphatic carbocycles. The van der Waals surface area contributed by atoms with Crippen LogP contribution in [0.25, 0.3) is 10.8 Å². The number of carbonyl (C=O) groups is 1. The van der Waals surface area contributed by atoms with Crippen LogP contribution in [-0.2, 0) is 14.8 Å². The van der Waals surface area contributed by atoms with Gasteiger partial charge in [0.05, 0.1) is 11.4 Å². The van der Waals surface area contributed by atoms with Gasteiger partial charge in [0.2, 0.25) is 15.9 Å². The summed E-state index contributed by atoms with van der Waals surface area (Å²) in [5.41, 5.74) is 0. The Balaban J connectivity index is 1.32. The van der Waals surface area contributed by atoms with Gasteiger partial charge in [-0.3, -0.25) is 9.69 Å². The maximum atomic E-state index is 13.1. The van der Waals surface area contributed by atoms with E-state index in [0.717, 1.165) is 17.2 Å². The van der Waals surface area contributed by atoms with Gasteiger partial charge in [-0.15, -0.1) is 0 Å². The van der Waals surface area contributed by atoms with E-state index in [-0.39, 0.29) is 11.9 Å². The summed E-state index contributed by atoms with van der Waals surface area (Å²) in [7, 11) is -3.54. The smallest absolute Gasteiger partial charge is 0.243 e. The topological polar surface area (TPSA) is 69.7 Å². The molecule has 7 heteroatoms. The molecule has 31 heavy (non-hydrogen) atoms. The van der Waals surface area contributed by atoms with Gasteiger partial charge in [-0.2, -0.15) is 4.31 Å². The Hall–Kier alpha value is -1.96. The second-order valence-corrected chi connectivity index (χ2v) is 11.1. The fourth-order valence-corrected chi connectivity index (χ4v) is 6.30. The second-order valence-electron chi connectivity index (χ2n) is 9.13. The van der Waals surface area contributed by atoms with Crippen LogP contribution in [0.5, 0.6) is 0 Å². The molecule has 2 aromatic rings. The van der Waals surface area contributed by atoms with Gasteiger partial charge >= 0.3 is 0 Å². The molecule has 2 fully saturated rings. The maximum absolute atomic E-state index is 13.1. The van der Waals surface area contributed by atoms with Crippen LogP contribution in [0.2, 0.25) is 0 Å². The zero-order valence-corrected chi connectivity index (χ0v) is 19.3. The molecule has 3 atom stereocenters. The van der Waals surface area contributed by atoms with Crippen LogP contribution in [0.1, 0.15) is 33.1 Å². The first-order valence-electron chi connectivity index (χ1n) is 11.4. The Labute approximate surface area is 185 Å². The molecular formula is C24H33N3O3S. The average Bonchev–Trinajstić information content (AvgIpc) is 2.77. The van der Waals surface area contributed by atoms with Crippen LogP contribution in [-0.4, -0.2) is 62.3 Å². The van der Waals surface area contributed by atoms with Gasteiger partial charge in [-0.25, -0.2) is 8.42 Å². The third-order valence-electron chi connectivity index (χ3n) is 7.11. The summed E-state index contributed by atoms with van der Waals surface area (Å²) < 4.78 is 27.8. The number of nitrogens with zero attached hydrogens (tertiary/aromatic N) is 2. The molecule has 1 heterocycles. The molecule has 1 saturated carbocycles. The van der Waals surface area contributed by atoms with E-state index in [4.69, 9.17) is 0 Å². The largest absolute Gasteiger partial charge is 0.352 e. The quantitative estimate of drug-likeness (QED) is 0.771. The summed E-state index contributed by atoms with van der Waals surface area (Å²) >= 11 is 0. The third kappa shape index (κ3) is 4.94. The number of nitrogens with one attached hydrogen (secondary N) is 1. The number of carbonyl (C=O) groups excluding carboxylic acids is 1. The molecule has 0 radical (unpaired) electrons. The first-order valence-corrected chi connectivity index (χ1v) is 12.8. The molecule has 168 valence electrons. The van der Waals surface area contributed by atoms with E-state index in [1.807, 2.05) is 30.3 Å². The van der Waals surface area contributed by atoms with Gasteiger partial charge in [0.1, 0.15) is 0 Å². The highest BCUT2D eigenvalue weighted by molar-refractivity contribution is 7.89. The Bertz CT molecular complexity index is 1030. The van der Waals surface area contributed by atoms with E-state index in [1.54, 1.807) is 12.1 Å². The van der Waals surface area contributed by atoms with Gasteiger partial charge in [0.25, 0.3) is 0 Å². The lowest BCUT2D eigenvalue weighted by Gasteiger charge is -2.36. The van der Waals surface area contributed by atoms with Gasteiger partial charge in [-0.1, -0.05) is 57.0 Å². The fraction of sp³-hybridized carbons (Fsp3) is 0.542. The van der Waals surface area contributed by atoms with Crippen molar-refractivity contribution >= 4 is 26.7 Å². The molecular weight excluding hydrogens is 410 g/mol. The number of fused-ring (bicyclic) bond motifs is 1. The van der Waals surface area contributed by atoms with Crippen molar-refractivity contribution < 1.29 is 13.2 Å². The third-order valence-corrected chi connectivity index (χ3v) is 9.01. The fourth-order valence-electron chi connectivity index (χ4n) is 4.85. The number of piperazine rings is 1. The second kappa shape index (κ2) is 9.27. The molecule has 0 bridgehead atoms. The summed E-state index contributed by atoms with van der Waals surface area (Å²) in [6.45, 7) is 6.76. The molecule has 0 spiro atoms. The van der Waals surface area contributed by atoms with Gasteiger partial charge in [0, 0.05) is 32.2 Å². The number of hydrogen-bond donors (Lipinski definition) is 1. The Morgan fingerprint density at radius 3 is 2.45 bits per heavy atom. The highest BCUT2D eigenvalue weighted by Gasteiger charge is 2.31. The molecule has 6 nitrogen and oxygen atoms in total. The number of amides is 1. The van der Waals surface area contributed by atoms with Gasteiger partial charge in [-0.05, 0) is 41.2 Å². The summed E-state index contributed by atoms with van der Waals surface area (Å²) in [5, 5.41) is 5.17. The van der Waals surface area contributed by atoms with E-state index < -0.39 is 10.0 Å². The van der Waals surface area contributed by atoms with Crippen LogP contribution in [0.15, 0.2) is 47.4 Å². The molecule has 2 aromatic carbocycles. The zero-order valence-electron chi connectivity index (χ0n) is 18.5. The van der Waals surface area contributed by atoms with Crippen molar-refractivity contribution in [3.63, 3.8) is 0 Å². The molecule has 4 rings (SSSR count). The minimum Gasteiger partial charge on any atom is -0.352 e. The number of rotatable bonds is 5. The van der Waals surface area contributed by atoms with E-state index in [9.17, 15) is 13.2 Å². The van der Waals surface area contributed by atoms with Crippen molar-refractivity contribution in [3.8, 4) is 0 Å². The Morgan fingerprint density at radius 2 is 1.71 bits per heavy atom. The SMILES string of the molecule is C[C@H]1[C@H](C)CCC[C@@H]1NC(=O)CN1CCN(S(=O)(=O)c2ccc3ccccc3c2)CC1. The van der Waals surface area contributed by atoms with Gasteiger partial charge in [0.15, 0.2) is 0 Å². The minimum atomic E-state index is -3.54. The number of hydrogen-bond acceptors (Lipinski definition) is 4. The predicted molar refractivity (Wildman–Crippen MR) is 123 cm³/mol. The Kier molecular flexibility index (Phi) is 6.65. The molecule has 1 aliphatic heterocycles. The summed E-state index contributed by atoms with van der Waals surface area (Å²) in [6, 6.07) is 13.3. The normalized spacial score (nSPS) is 26.1. The lowest BCUT2D eigenvalue weighted by Crippen LogP contribution is -2.52. The lowest BCUT2D eigenvalue weighted by atomic mass is 9.78. The van der Waals surface area contributed by atoms with Gasteiger partial charge < -0.3 is 5.32 Å². The van der Waals surface area contributed by atoms with E-state index >= 15 is 0 Å². The standard InChI is InChI=1S/C24H33N3O3S/c1-18-6-5-9-23(19(18)2)25-24(28)17-26-12-14-27(15-13-26)31(29,30)22-11-10-20-7-3-4-8-21(20)16-22/h3-4,7-8,10-11,16,18-19,23H,5-6,9,12-15,17H2,1-2H3,(H,25,28)/t18-,19+,23+/m1/s1. The molecule has 2 aliphatic rings. The average molecular weight is 444 g/mol. The van der Waals surface area contributed by atoms with E-state index in [1.165, 1.54) is 17.1 Å². The maximum Gasteiger partial charge on any atom is 0.243 e. The molecule has 0 unspecified atom stereocenters. The van der Waals surface area contributed by atoms with Crippen LogP contribution in [0.3, 0.4) is 0 Å². The van der Waals surface area contributed by atoms with Crippen molar-refractivity contribution in [2.45, 2.75) is 44.0 Å². The highest BCUT2D eigenvalue weighted by atomic mass is 32.2. The minimum absolute atomic E-state index is 0.0526. The molecule has 1 saturated heterocycles. The van der Waals surface area contributed by atoms with Crippen molar-refractivity contribution in [2.75, 3.05) is 32.7 Å². The van der Waals surface area contributed by atoms with Crippen LogP contribution < -0.4 is 5.32 Å². The van der Waals surface area contributed by atoms with Crippen molar-refractivity contribution in [3.05, 3.63) is 42.5 Å². The highest BCUT2D eigenvalue weighted by Crippen LogP contribution is 2.29. The first kappa shape index (κ1) is 22.2. The first-order chi connectivity index (χ1) is 14.8. The van der Waals surface area contributed by atoms with Crippen LogP contribution in [0, 0.1) is 11.8 Å². The monoisotopic (exact) mass is 443 g/mol. The van der Waals surface area contributed by atoms with Crippen molar-refractivity contribution in [1.29, 1.82) is 0 Å². The summed E-state index contributed by atoms with van der Waals surface area (Å²) in [6.07, 6.45) is 3.46. The summed E-state index contributed by atoms with van der Waals surface area (Å²) in [5.74, 6) is 1.20. The molecule has 1 N–H and O–H groups in total. The molecule has 1 amide bonds. The van der Waals surface area contributed by atoms with E-state index in [0.29, 0.717) is 49.5 Å². The van der Waals surface area contributed by atoms with E-state index in [2.05, 4.69) is 24.1 Å². The molecule has 0 aromatic heterocycles. The number of sulfonamides is 1. The zero-order chi connectivity index (χ0) is 22.0. The van der Waals surface area contributed by atoms with Crippen LogP contribution in [0.4, 0.5) is 0 Å². The summed E-state index contributed by atoms with van der Waals surface area (Å²) in [4.78, 5) is 15.0. The van der Waals surface area contributed by atoms with Crippen molar-refractivity contribution in [1.82, 2.24) is 14.5 Å². The number of benzene rings is 2.